The van der Waals surface area contributed by atoms with Crippen molar-refractivity contribution >= 4 is 35.1 Å². The number of para-hydroxylation sites is 2. The molecule has 1 aromatic carbocycles. The number of nitrogens with zero attached hydrogens (tertiary/aromatic N) is 3. The standard InChI is InChI=1S/C14H19N5.ClH/c1-10-9-19(8-7-16-10)14-13(15-2)17-11-5-3-4-6-12(11)18-14;/h3-6,10,16H,7-9H2,1-2H3,(H,15,17);1H. The van der Waals surface area contributed by atoms with Crippen LogP contribution in [0.2, 0.25) is 0 Å². The van der Waals surface area contributed by atoms with Gasteiger partial charge in [-0.1, -0.05) is 12.1 Å². The first-order valence-corrected chi connectivity index (χ1v) is 6.71. The number of nitrogens with one attached hydrogen (secondary N) is 2. The number of benzene rings is 1. The number of halogens is 1. The average Bonchev–Trinajstić information content (AvgIpc) is 2.46. The monoisotopic (exact) mass is 293 g/mol. The molecule has 20 heavy (non-hydrogen) atoms. The molecule has 5 nitrogen and oxygen atoms in total. The van der Waals surface area contributed by atoms with Gasteiger partial charge < -0.3 is 15.5 Å². The Bertz CT molecular complexity index is 589. The Balaban J connectivity index is 0.00000147. The lowest BCUT2D eigenvalue weighted by atomic mass is 10.2. The second-order valence-corrected chi connectivity index (χ2v) is 4.94. The summed E-state index contributed by atoms with van der Waals surface area (Å²) in [5, 5.41) is 6.61. The van der Waals surface area contributed by atoms with Gasteiger partial charge in [-0.25, -0.2) is 9.97 Å². The highest BCUT2D eigenvalue weighted by atomic mass is 35.5. The maximum Gasteiger partial charge on any atom is 0.172 e. The topological polar surface area (TPSA) is 53.1 Å². The van der Waals surface area contributed by atoms with E-state index in [1.54, 1.807) is 0 Å². The predicted molar refractivity (Wildman–Crippen MR) is 86.0 cm³/mol. The maximum absolute atomic E-state index is 4.78. The Hall–Kier alpha value is -1.59. The fraction of sp³-hybridized carbons (Fsp3) is 0.429. The minimum absolute atomic E-state index is 0. The van der Waals surface area contributed by atoms with Crippen molar-refractivity contribution in [2.24, 2.45) is 0 Å². The number of anilines is 2. The van der Waals surface area contributed by atoms with Crippen molar-refractivity contribution in [1.29, 1.82) is 0 Å². The van der Waals surface area contributed by atoms with E-state index in [0.717, 1.165) is 42.3 Å². The van der Waals surface area contributed by atoms with E-state index < -0.39 is 0 Å². The minimum Gasteiger partial charge on any atom is -0.370 e. The van der Waals surface area contributed by atoms with Crippen LogP contribution < -0.4 is 15.5 Å². The zero-order valence-electron chi connectivity index (χ0n) is 11.8. The van der Waals surface area contributed by atoms with Gasteiger partial charge >= 0.3 is 0 Å². The molecular weight excluding hydrogens is 274 g/mol. The van der Waals surface area contributed by atoms with Crippen molar-refractivity contribution in [2.45, 2.75) is 13.0 Å². The van der Waals surface area contributed by atoms with Gasteiger partial charge in [0.15, 0.2) is 11.6 Å². The molecule has 0 radical (unpaired) electrons. The Morgan fingerprint density at radius 2 is 1.95 bits per heavy atom. The van der Waals surface area contributed by atoms with Gasteiger partial charge in [0.1, 0.15) is 0 Å². The maximum atomic E-state index is 4.78. The van der Waals surface area contributed by atoms with Crippen molar-refractivity contribution in [2.75, 3.05) is 36.9 Å². The van der Waals surface area contributed by atoms with Crippen molar-refractivity contribution < 1.29 is 0 Å². The fourth-order valence-corrected chi connectivity index (χ4v) is 2.50. The molecule has 2 heterocycles. The molecule has 2 N–H and O–H groups in total. The van der Waals surface area contributed by atoms with Gasteiger partial charge in [0.25, 0.3) is 0 Å². The van der Waals surface area contributed by atoms with Crippen LogP contribution in [0.3, 0.4) is 0 Å². The highest BCUT2D eigenvalue weighted by Crippen LogP contribution is 2.25. The number of piperazine rings is 1. The molecule has 0 aliphatic carbocycles. The normalized spacial score (nSPS) is 18.7. The summed E-state index contributed by atoms with van der Waals surface area (Å²) in [5.41, 5.74) is 1.88. The van der Waals surface area contributed by atoms with Crippen LogP contribution in [0, 0.1) is 0 Å². The molecule has 2 aromatic rings. The van der Waals surface area contributed by atoms with Gasteiger partial charge in [-0.05, 0) is 19.1 Å². The molecule has 1 unspecified atom stereocenters. The summed E-state index contributed by atoms with van der Waals surface area (Å²) in [4.78, 5) is 11.7. The van der Waals surface area contributed by atoms with Crippen LogP contribution in [0.15, 0.2) is 24.3 Å². The minimum atomic E-state index is 0. The third-order valence-corrected chi connectivity index (χ3v) is 3.46. The quantitative estimate of drug-likeness (QED) is 0.886. The Kier molecular flexibility index (Phi) is 4.62. The molecule has 0 spiro atoms. The summed E-state index contributed by atoms with van der Waals surface area (Å²) < 4.78 is 0. The zero-order valence-corrected chi connectivity index (χ0v) is 12.6. The Morgan fingerprint density at radius 3 is 2.60 bits per heavy atom. The third-order valence-electron chi connectivity index (χ3n) is 3.46. The first-order valence-electron chi connectivity index (χ1n) is 6.71. The first kappa shape index (κ1) is 14.8. The van der Waals surface area contributed by atoms with E-state index in [-0.39, 0.29) is 12.4 Å². The molecule has 108 valence electrons. The van der Waals surface area contributed by atoms with E-state index in [1.807, 2.05) is 31.3 Å². The number of aromatic nitrogens is 2. The highest BCUT2D eigenvalue weighted by Gasteiger charge is 2.20. The summed E-state index contributed by atoms with van der Waals surface area (Å²) >= 11 is 0. The fourth-order valence-electron chi connectivity index (χ4n) is 2.50. The van der Waals surface area contributed by atoms with Crippen LogP contribution in [-0.2, 0) is 0 Å². The Labute approximate surface area is 125 Å². The molecule has 1 fully saturated rings. The molecular formula is C14H20ClN5. The molecule has 3 rings (SSSR count). The number of rotatable bonds is 2. The second-order valence-electron chi connectivity index (χ2n) is 4.94. The van der Waals surface area contributed by atoms with E-state index >= 15 is 0 Å². The summed E-state index contributed by atoms with van der Waals surface area (Å²) in [7, 11) is 1.90. The molecule has 1 aliphatic rings. The van der Waals surface area contributed by atoms with E-state index in [9.17, 15) is 0 Å². The SMILES string of the molecule is CNc1nc2ccccc2nc1N1CCNC(C)C1.Cl. The highest BCUT2D eigenvalue weighted by molar-refractivity contribution is 5.85. The molecule has 6 heteroatoms. The average molecular weight is 294 g/mol. The van der Waals surface area contributed by atoms with Gasteiger partial charge in [-0.15, -0.1) is 12.4 Å². The summed E-state index contributed by atoms with van der Waals surface area (Å²) in [6.45, 7) is 5.10. The predicted octanol–water partition coefficient (Wildman–Crippen LogP) is 1.89. The molecule has 1 aromatic heterocycles. The lowest BCUT2D eigenvalue weighted by Gasteiger charge is -2.33. The summed E-state index contributed by atoms with van der Waals surface area (Å²) in [6.07, 6.45) is 0. The summed E-state index contributed by atoms with van der Waals surface area (Å²) in [5.74, 6) is 1.81. The lowest BCUT2D eigenvalue weighted by molar-refractivity contribution is 0.482. The van der Waals surface area contributed by atoms with Crippen LogP contribution in [0.5, 0.6) is 0 Å². The largest absolute Gasteiger partial charge is 0.370 e. The lowest BCUT2D eigenvalue weighted by Crippen LogP contribution is -2.49. The van der Waals surface area contributed by atoms with Crippen LogP contribution >= 0.6 is 12.4 Å². The van der Waals surface area contributed by atoms with E-state index in [4.69, 9.17) is 4.98 Å². The van der Waals surface area contributed by atoms with E-state index in [1.165, 1.54) is 0 Å². The zero-order chi connectivity index (χ0) is 13.2. The van der Waals surface area contributed by atoms with Gasteiger partial charge in [0, 0.05) is 32.7 Å². The molecule has 1 aliphatic heterocycles. The van der Waals surface area contributed by atoms with Gasteiger partial charge in [0.05, 0.1) is 11.0 Å². The number of fused-ring (bicyclic) bond motifs is 1. The van der Waals surface area contributed by atoms with Crippen molar-refractivity contribution in [1.82, 2.24) is 15.3 Å². The van der Waals surface area contributed by atoms with Crippen molar-refractivity contribution in [3.05, 3.63) is 24.3 Å². The van der Waals surface area contributed by atoms with Gasteiger partial charge in [0.2, 0.25) is 0 Å². The van der Waals surface area contributed by atoms with Crippen LogP contribution in [0.4, 0.5) is 11.6 Å². The number of hydrogen-bond acceptors (Lipinski definition) is 5. The van der Waals surface area contributed by atoms with Gasteiger partial charge in [-0.2, -0.15) is 0 Å². The third kappa shape index (κ3) is 2.78. The smallest absolute Gasteiger partial charge is 0.172 e. The first-order chi connectivity index (χ1) is 9.28. The summed E-state index contributed by atoms with van der Waals surface area (Å²) in [6, 6.07) is 8.47. The van der Waals surface area contributed by atoms with Crippen LogP contribution in [-0.4, -0.2) is 42.7 Å². The molecule has 1 saturated heterocycles. The van der Waals surface area contributed by atoms with E-state index in [2.05, 4.69) is 27.4 Å². The second kappa shape index (κ2) is 6.24. The van der Waals surface area contributed by atoms with E-state index in [0.29, 0.717) is 6.04 Å². The molecule has 0 amide bonds. The Morgan fingerprint density at radius 1 is 1.25 bits per heavy atom. The molecule has 0 saturated carbocycles. The van der Waals surface area contributed by atoms with Crippen molar-refractivity contribution in [3.63, 3.8) is 0 Å². The molecule has 1 atom stereocenters. The van der Waals surface area contributed by atoms with Crippen molar-refractivity contribution in [3.8, 4) is 0 Å². The van der Waals surface area contributed by atoms with Crippen LogP contribution in [0.1, 0.15) is 6.92 Å². The van der Waals surface area contributed by atoms with Crippen LogP contribution in [0.25, 0.3) is 11.0 Å². The number of hydrogen-bond donors (Lipinski definition) is 2. The van der Waals surface area contributed by atoms with Gasteiger partial charge in [-0.3, -0.25) is 0 Å². The molecule has 0 bridgehead atoms.